The first-order valence-electron chi connectivity index (χ1n) is 9.61. The van der Waals surface area contributed by atoms with Crippen LogP contribution < -0.4 is 18.9 Å². The second-order valence-corrected chi connectivity index (χ2v) is 8.13. The number of hydrogen-bond acceptors (Lipinski definition) is 7. The topological polar surface area (TPSA) is 115 Å². The highest BCUT2D eigenvalue weighted by atomic mass is 32.3. The number of benzene rings is 2. The number of fused-ring (bicyclic) bond motifs is 4. The van der Waals surface area contributed by atoms with E-state index in [1.165, 1.54) is 22.3 Å². The molecule has 1 unspecified atom stereocenters. The Kier molecular flexibility index (Phi) is 6.95. The van der Waals surface area contributed by atoms with Gasteiger partial charge in [-0.3, -0.25) is 14.0 Å². The van der Waals surface area contributed by atoms with Gasteiger partial charge in [-0.1, -0.05) is 6.07 Å². The van der Waals surface area contributed by atoms with Crippen LogP contribution in [0.5, 0.6) is 23.0 Å². The minimum absolute atomic E-state index is 0.351. The number of hydrogen-bond donors (Lipinski definition) is 2. The Morgan fingerprint density at radius 2 is 1.52 bits per heavy atom. The molecule has 2 aliphatic heterocycles. The van der Waals surface area contributed by atoms with Crippen molar-refractivity contribution in [3.05, 3.63) is 46.5 Å². The third-order valence-corrected chi connectivity index (χ3v) is 5.63. The van der Waals surface area contributed by atoms with Gasteiger partial charge in [0.1, 0.15) is 0 Å². The summed E-state index contributed by atoms with van der Waals surface area (Å²) in [5.41, 5.74) is 5.26. The number of ether oxygens (including phenoxy) is 4. The van der Waals surface area contributed by atoms with Gasteiger partial charge in [-0.05, 0) is 47.7 Å². The Bertz CT molecular complexity index is 1050. The van der Waals surface area contributed by atoms with Gasteiger partial charge in [0.15, 0.2) is 23.0 Å². The summed E-state index contributed by atoms with van der Waals surface area (Å²) in [5, 5.41) is 0. The summed E-state index contributed by atoms with van der Waals surface area (Å²) in [6.45, 7) is 1.89. The molecule has 4 rings (SSSR count). The predicted octanol–water partition coefficient (Wildman–Crippen LogP) is 2.72. The molecule has 2 heterocycles. The smallest absolute Gasteiger partial charge is 0.394 e. The Labute approximate surface area is 182 Å². The molecule has 0 aliphatic carbocycles. The quantitative estimate of drug-likeness (QED) is 0.674. The van der Waals surface area contributed by atoms with Crippen LogP contribution in [0.25, 0.3) is 0 Å². The summed E-state index contributed by atoms with van der Waals surface area (Å²) in [6.07, 6.45) is 1.96. The first-order valence-corrected chi connectivity index (χ1v) is 11.0. The van der Waals surface area contributed by atoms with E-state index in [9.17, 15) is 0 Å². The lowest BCUT2D eigenvalue weighted by molar-refractivity contribution is 0.157. The van der Waals surface area contributed by atoms with E-state index in [0.29, 0.717) is 6.04 Å². The van der Waals surface area contributed by atoms with Crippen molar-refractivity contribution in [2.24, 2.45) is 0 Å². The van der Waals surface area contributed by atoms with Crippen LogP contribution in [0.4, 0.5) is 0 Å². The fourth-order valence-electron chi connectivity index (χ4n) is 4.32. The molecular formula is C21H27NO8S. The van der Waals surface area contributed by atoms with Gasteiger partial charge in [-0.25, -0.2) is 0 Å². The SMILES string of the molecule is COc1cc2c(cc1OC)C1Cc3ccc(OC)c(OC)c3CN1CC2.O=S(=O)(O)O. The molecule has 0 spiro atoms. The second kappa shape index (κ2) is 9.31. The van der Waals surface area contributed by atoms with Crippen LogP contribution >= 0.6 is 0 Å². The molecule has 2 aromatic rings. The maximum atomic E-state index is 8.74. The summed E-state index contributed by atoms with van der Waals surface area (Å²) < 4.78 is 53.7. The van der Waals surface area contributed by atoms with Gasteiger partial charge < -0.3 is 18.9 Å². The first kappa shape index (κ1) is 23.1. The number of methoxy groups -OCH3 is 4. The predicted molar refractivity (Wildman–Crippen MR) is 114 cm³/mol. The normalized spacial score (nSPS) is 17.3. The van der Waals surface area contributed by atoms with Crippen LogP contribution in [0.3, 0.4) is 0 Å². The molecule has 0 saturated heterocycles. The molecule has 10 heteroatoms. The van der Waals surface area contributed by atoms with Crippen molar-refractivity contribution in [2.45, 2.75) is 25.4 Å². The van der Waals surface area contributed by atoms with E-state index in [1.807, 2.05) is 6.07 Å². The largest absolute Gasteiger partial charge is 0.493 e. The lowest BCUT2D eigenvalue weighted by Gasteiger charge is -2.42. The van der Waals surface area contributed by atoms with Crippen molar-refractivity contribution >= 4 is 10.4 Å². The van der Waals surface area contributed by atoms with Gasteiger partial charge in [0.05, 0.1) is 28.4 Å². The van der Waals surface area contributed by atoms with Gasteiger partial charge in [0.25, 0.3) is 0 Å². The van der Waals surface area contributed by atoms with E-state index >= 15 is 0 Å². The van der Waals surface area contributed by atoms with E-state index in [4.69, 9.17) is 36.5 Å². The maximum Gasteiger partial charge on any atom is 0.394 e. The third-order valence-electron chi connectivity index (χ3n) is 5.63. The molecule has 0 radical (unpaired) electrons. The molecule has 2 aromatic carbocycles. The lowest BCUT2D eigenvalue weighted by atomic mass is 9.83. The molecule has 2 aliphatic rings. The molecule has 0 bridgehead atoms. The van der Waals surface area contributed by atoms with Gasteiger partial charge in [0, 0.05) is 24.7 Å². The van der Waals surface area contributed by atoms with E-state index < -0.39 is 10.4 Å². The van der Waals surface area contributed by atoms with Crippen molar-refractivity contribution in [1.29, 1.82) is 0 Å². The Balaban J connectivity index is 0.000000491. The van der Waals surface area contributed by atoms with Crippen molar-refractivity contribution in [3.8, 4) is 23.0 Å². The summed E-state index contributed by atoms with van der Waals surface area (Å²) in [4.78, 5) is 2.53. The molecule has 1 atom stereocenters. The standard InChI is InChI=1S/C21H25NO4.H2O4S/c1-23-18-6-5-13-9-17-15-11-20(25-3)19(24-2)10-14(15)7-8-22(17)12-16(13)21(18)26-4;1-5(2,3)4/h5-6,10-11,17H,7-9,12H2,1-4H3;(H2,1,2,3,4). The fraction of sp³-hybridized carbons (Fsp3) is 0.429. The van der Waals surface area contributed by atoms with Crippen LogP contribution in [-0.2, 0) is 29.8 Å². The van der Waals surface area contributed by atoms with Crippen molar-refractivity contribution < 1.29 is 36.5 Å². The average molecular weight is 454 g/mol. The molecule has 170 valence electrons. The molecule has 0 fully saturated rings. The van der Waals surface area contributed by atoms with Crippen LogP contribution in [-0.4, -0.2) is 57.4 Å². The van der Waals surface area contributed by atoms with Crippen molar-refractivity contribution in [3.63, 3.8) is 0 Å². The minimum atomic E-state index is -4.67. The monoisotopic (exact) mass is 453 g/mol. The zero-order valence-corrected chi connectivity index (χ0v) is 18.7. The number of nitrogens with zero attached hydrogens (tertiary/aromatic N) is 1. The fourth-order valence-corrected chi connectivity index (χ4v) is 4.32. The zero-order valence-electron chi connectivity index (χ0n) is 17.9. The van der Waals surface area contributed by atoms with Crippen LogP contribution in [0.2, 0.25) is 0 Å². The zero-order chi connectivity index (χ0) is 22.8. The van der Waals surface area contributed by atoms with Crippen LogP contribution in [0, 0.1) is 0 Å². The highest BCUT2D eigenvalue weighted by molar-refractivity contribution is 7.79. The average Bonchev–Trinajstić information content (AvgIpc) is 2.74. The molecule has 2 N–H and O–H groups in total. The maximum absolute atomic E-state index is 8.74. The Morgan fingerprint density at radius 3 is 2.10 bits per heavy atom. The van der Waals surface area contributed by atoms with E-state index in [2.05, 4.69) is 23.1 Å². The number of rotatable bonds is 4. The van der Waals surface area contributed by atoms with E-state index in [-0.39, 0.29) is 0 Å². The van der Waals surface area contributed by atoms with Gasteiger partial charge in [-0.15, -0.1) is 0 Å². The highest BCUT2D eigenvalue weighted by Crippen LogP contribution is 2.45. The van der Waals surface area contributed by atoms with Crippen LogP contribution in [0.15, 0.2) is 24.3 Å². The van der Waals surface area contributed by atoms with Crippen LogP contribution in [0.1, 0.15) is 28.3 Å². The van der Waals surface area contributed by atoms with Gasteiger partial charge in [-0.2, -0.15) is 8.42 Å². The summed E-state index contributed by atoms with van der Waals surface area (Å²) in [5.74, 6) is 3.27. The van der Waals surface area contributed by atoms with E-state index in [0.717, 1.165) is 48.9 Å². The summed E-state index contributed by atoms with van der Waals surface area (Å²) in [7, 11) is 2.12. The summed E-state index contributed by atoms with van der Waals surface area (Å²) >= 11 is 0. The molecule has 9 nitrogen and oxygen atoms in total. The second-order valence-electron chi connectivity index (χ2n) is 7.23. The molecule has 0 saturated carbocycles. The van der Waals surface area contributed by atoms with Crippen molar-refractivity contribution in [1.82, 2.24) is 4.90 Å². The van der Waals surface area contributed by atoms with E-state index in [1.54, 1.807) is 28.4 Å². The Hall–Kier alpha value is -2.53. The van der Waals surface area contributed by atoms with Gasteiger partial charge in [0.2, 0.25) is 0 Å². The first-order chi connectivity index (χ1) is 14.7. The molecule has 0 aromatic heterocycles. The molecule has 31 heavy (non-hydrogen) atoms. The molecule has 0 amide bonds. The third kappa shape index (κ3) is 5.04. The van der Waals surface area contributed by atoms with Gasteiger partial charge >= 0.3 is 10.4 Å². The minimum Gasteiger partial charge on any atom is -0.493 e. The highest BCUT2D eigenvalue weighted by Gasteiger charge is 2.34. The van der Waals surface area contributed by atoms with Crippen molar-refractivity contribution in [2.75, 3.05) is 35.0 Å². The Morgan fingerprint density at radius 1 is 0.903 bits per heavy atom. The summed E-state index contributed by atoms with van der Waals surface area (Å²) in [6, 6.07) is 8.81. The molecular weight excluding hydrogens is 426 g/mol. The lowest BCUT2D eigenvalue weighted by Crippen LogP contribution is -2.39.